The maximum absolute atomic E-state index is 13.0. The summed E-state index contributed by atoms with van der Waals surface area (Å²) >= 11 is 0. The molecule has 100 valence electrons. The molecule has 0 saturated carbocycles. The number of nitrogens with one attached hydrogen (secondary N) is 1. The molecular formula is C12H10F3N3O. The Labute approximate surface area is 106 Å². The van der Waals surface area contributed by atoms with Crippen LogP contribution in [-0.2, 0) is 7.05 Å². The zero-order valence-electron chi connectivity index (χ0n) is 10.2. The number of anilines is 1. The van der Waals surface area contributed by atoms with E-state index in [2.05, 4.69) is 10.4 Å². The van der Waals surface area contributed by atoms with Gasteiger partial charge < -0.3 is 5.32 Å². The van der Waals surface area contributed by atoms with E-state index in [0.717, 1.165) is 5.69 Å². The number of amides is 1. The third-order valence-electron chi connectivity index (χ3n) is 2.60. The van der Waals surface area contributed by atoms with Crippen molar-refractivity contribution >= 4 is 11.7 Å². The minimum absolute atomic E-state index is 0.246. The second-order valence-electron chi connectivity index (χ2n) is 4.00. The molecule has 19 heavy (non-hydrogen) atoms. The topological polar surface area (TPSA) is 46.9 Å². The summed E-state index contributed by atoms with van der Waals surface area (Å²) in [4.78, 5) is 11.7. The quantitative estimate of drug-likeness (QED) is 0.851. The molecule has 0 aliphatic carbocycles. The second kappa shape index (κ2) is 4.75. The Hall–Kier alpha value is -2.31. The highest BCUT2D eigenvalue weighted by Crippen LogP contribution is 2.15. The first kappa shape index (κ1) is 13.1. The van der Waals surface area contributed by atoms with Gasteiger partial charge in [0.1, 0.15) is 0 Å². The molecule has 1 amide bonds. The molecule has 1 N–H and O–H groups in total. The van der Waals surface area contributed by atoms with Crippen LogP contribution in [0.15, 0.2) is 18.2 Å². The van der Waals surface area contributed by atoms with Crippen LogP contribution in [0.4, 0.5) is 19.0 Å². The first-order valence-corrected chi connectivity index (χ1v) is 5.35. The predicted octanol–water partition coefficient (Wildman–Crippen LogP) is 2.40. The van der Waals surface area contributed by atoms with Crippen molar-refractivity contribution in [3.63, 3.8) is 0 Å². The van der Waals surface area contributed by atoms with Crippen LogP contribution in [-0.4, -0.2) is 15.7 Å². The standard InChI is InChI=1S/C12H10F3N3O/c1-6-3-10(17-18(6)2)16-12(19)7-4-8(13)11(15)9(14)5-7/h3-5H,1-2H3,(H,16,17,19). The van der Waals surface area contributed by atoms with Crippen molar-refractivity contribution in [2.75, 3.05) is 5.32 Å². The third-order valence-corrected chi connectivity index (χ3v) is 2.60. The van der Waals surface area contributed by atoms with E-state index < -0.39 is 23.4 Å². The Morgan fingerprint density at radius 2 is 1.79 bits per heavy atom. The van der Waals surface area contributed by atoms with Crippen LogP contribution in [0.2, 0.25) is 0 Å². The van der Waals surface area contributed by atoms with E-state index in [9.17, 15) is 18.0 Å². The molecule has 0 unspecified atom stereocenters. The summed E-state index contributed by atoms with van der Waals surface area (Å²) in [7, 11) is 1.68. The minimum Gasteiger partial charge on any atom is -0.305 e. The molecule has 0 radical (unpaired) electrons. The van der Waals surface area contributed by atoms with E-state index in [4.69, 9.17) is 0 Å². The number of halogens is 3. The van der Waals surface area contributed by atoms with Crippen LogP contribution in [0.5, 0.6) is 0 Å². The van der Waals surface area contributed by atoms with E-state index in [0.29, 0.717) is 12.1 Å². The summed E-state index contributed by atoms with van der Waals surface area (Å²) in [6, 6.07) is 2.85. The molecule has 1 heterocycles. The zero-order valence-corrected chi connectivity index (χ0v) is 10.2. The van der Waals surface area contributed by atoms with E-state index in [1.165, 1.54) is 4.68 Å². The SMILES string of the molecule is Cc1cc(NC(=O)c2cc(F)c(F)c(F)c2)nn1C. The fourth-order valence-electron chi connectivity index (χ4n) is 1.50. The van der Waals surface area contributed by atoms with Gasteiger partial charge in [0.25, 0.3) is 5.91 Å². The van der Waals surface area contributed by atoms with Gasteiger partial charge in [0.15, 0.2) is 23.3 Å². The molecule has 0 aliphatic rings. The fraction of sp³-hybridized carbons (Fsp3) is 0.167. The van der Waals surface area contributed by atoms with Crippen LogP contribution < -0.4 is 5.32 Å². The number of nitrogens with zero attached hydrogens (tertiary/aromatic N) is 2. The van der Waals surface area contributed by atoms with Crippen molar-refractivity contribution in [2.24, 2.45) is 7.05 Å². The van der Waals surface area contributed by atoms with Gasteiger partial charge in [-0.3, -0.25) is 9.48 Å². The van der Waals surface area contributed by atoms with Gasteiger partial charge in [-0.05, 0) is 19.1 Å². The van der Waals surface area contributed by atoms with Crippen molar-refractivity contribution < 1.29 is 18.0 Å². The van der Waals surface area contributed by atoms with E-state index in [-0.39, 0.29) is 11.4 Å². The molecule has 2 rings (SSSR count). The lowest BCUT2D eigenvalue weighted by Crippen LogP contribution is -2.13. The molecule has 0 bridgehead atoms. The maximum atomic E-state index is 13.0. The van der Waals surface area contributed by atoms with E-state index >= 15 is 0 Å². The summed E-state index contributed by atoms with van der Waals surface area (Å²) in [5.74, 6) is -4.96. The molecule has 0 spiro atoms. The number of carbonyl (C=O) groups excluding carboxylic acids is 1. The predicted molar refractivity (Wildman–Crippen MR) is 62.2 cm³/mol. The number of benzene rings is 1. The largest absolute Gasteiger partial charge is 0.305 e. The van der Waals surface area contributed by atoms with Crippen molar-refractivity contribution in [2.45, 2.75) is 6.92 Å². The summed E-state index contributed by atoms with van der Waals surface area (Å²) in [6.45, 7) is 1.78. The van der Waals surface area contributed by atoms with Crippen molar-refractivity contribution in [1.29, 1.82) is 0 Å². The molecule has 0 atom stereocenters. The first-order chi connectivity index (χ1) is 8.88. The summed E-state index contributed by atoms with van der Waals surface area (Å²) in [5, 5.41) is 6.33. The van der Waals surface area contributed by atoms with Crippen LogP contribution in [0.3, 0.4) is 0 Å². The number of hydrogen-bond donors (Lipinski definition) is 1. The number of aromatic nitrogens is 2. The van der Waals surface area contributed by atoms with Gasteiger partial charge >= 0.3 is 0 Å². The average Bonchev–Trinajstić information content (AvgIpc) is 2.64. The van der Waals surface area contributed by atoms with Crippen LogP contribution in [0.25, 0.3) is 0 Å². The molecule has 4 nitrogen and oxygen atoms in total. The van der Waals surface area contributed by atoms with E-state index in [1.807, 2.05) is 0 Å². The zero-order chi connectivity index (χ0) is 14.2. The van der Waals surface area contributed by atoms with Crippen LogP contribution >= 0.6 is 0 Å². The smallest absolute Gasteiger partial charge is 0.257 e. The molecule has 0 saturated heterocycles. The van der Waals surface area contributed by atoms with E-state index in [1.54, 1.807) is 20.0 Å². The summed E-state index contributed by atoms with van der Waals surface area (Å²) < 4.78 is 40.3. The number of aryl methyl sites for hydroxylation is 2. The minimum atomic E-state index is -1.61. The van der Waals surface area contributed by atoms with Gasteiger partial charge in [-0.1, -0.05) is 0 Å². The Morgan fingerprint density at radius 1 is 1.21 bits per heavy atom. The molecule has 0 fully saturated rings. The normalized spacial score (nSPS) is 10.6. The summed E-state index contributed by atoms with van der Waals surface area (Å²) in [5.41, 5.74) is 0.478. The van der Waals surface area contributed by atoms with Crippen LogP contribution in [0, 0.1) is 24.4 Å². The second-order valence-corrected chi connectivity index (χ2v) is 4.00. The lowest BCUT2D eigenvalue weighted by Gasteiger charge is -2.03. The molecule has 1 aromatic carbocycles. The monoisotopic (exact) mass is 269 g/mol. The number of hydrogen-bond acceptors (Lipinski definition) is 2. The van der Waals surface area contributed by atoms with Gasteiger partial charge in [0.05, 0.1) is 0 Å². The maximum Gasteiger partial charge on any atom is 0.257 e. The van der Waals surface area contributed by atoms with Crippen molar-refractivity contribution in [1.82, 2.24) is 9.78 Å². The number of rotatable bonds is 2. The average molecular weight is 269 g/mol. The lowest BCUT2D eigenvalue weighted by atomic mass is 10.2. The summed E-state index contributed by atoms with van der Waals surface area (Å²) in [6.07, 6.45) is 0. The van der Waals surface area contributed by atoms with Gasteiger partial charge in [0, 0.05) is 24.4 Å². The first-order valence-electron chi connectivity index (χ1n) is 5.35. The Bertz CT molecular complexity index is 609. The molecule has 0 aliphatic heterocycles. The highest BCUT2D eigenvalue weighted by atomic mass is 19.2. The van der Waals surface area contributed by atoms with Crippen LogP contribution in [0.1, 0.15) is 16.1 Å². The van der Waals surface area contributed by atoms with Gasteiger partial charge in [-0.25, -0.2) is 13.2 Å². The van der Waals surface area contributed by atoms with Gasteiger partial charge in [-0.2, -0.15) is 5.10 Å². The Balaban J connectivity index is 2.25. The Kier molecular flexibility index (Phi) is 3.28. The molecule has 1 aromatic heterocycles. The number of carbonyl (C=O) groups is 1. The van der Waals surface area contributed by atoms with Crippen molar-refractivity contribution in [3.8, 4) is 0 Å². The third kappa shape index (κ3) is 2.59. The molecule has 2 aromatic rings. The van der Waals surface area contributed by atoms with Crippen molar-refractivity contribution in [3.05, 3.63) is 46.9 Å². The molecular weight excluding hydrogens is 259 g/mol. The highest BCUT2D eigenvalue weighted by Gasteiger charge is 2.16. The fourth-order valence-corrected chi connectivity index (χ4v) is 1.50. The molecule has 7 heteroatoms. The van der Waals surface area contributed by atoms with Gasteiger partial charge in [0.2, 0.25) is 0 Å². The lowest BCUT2D eigenvalue weighted by molar-refractivity contribution is 0.102. The Morgan fingerprint density at radius 3 is 2.26 bits per heavy atom. The van der Waals surface area contributed by atoms with Gasteiger partial charge in [-0.15, -0.1) is 0 Å². The highest BCUT2D eigenvalue weighted by molar-refractivity contribution is 6.03.